The van der Waals surface area contributed by atoms with Gasteiger partial charge in [0.2, 0.25) is 0 Å². The Kier molecular flexibility index (Phi) is 3.61. The Morgan fingerprint density at radius 2 is 2.10 bits per heavy atom. The summed E-state index contributed by atoms with van der Waals surface area (Å²) in [5, 5.41) is 0. The molecule has 20 heavy (non-hydrogen) atoms. The highest BCUT2D eigenvalue weighted by Gasteiger charge is 2.21. The Morgan fingerprint density at radius 1 is 1.25 bits per heavy atom. The van der Waals surface area contributed by atoms with Gasteiger partial charge < -0.3 is 15.2 Å². The van der Waals surface area contributed by atoms with E-state index in [-0.39, 0.29) is 6.10 Å². The van der Waals surface area contributed by atoms with E-state index in [1.54, 1.807) is 0 Å². The summed E-state index contributed by atoms with van der Waals surface area (Å²) in [6, 6.07) is 14.1. The average Bonchev–Trinajstić information content (AvgIpc) is 2.48. The van der Waals surface area contributed by atoms with Gasteiger partial charge in [-0.2, -0.15) is 0 Å². The third kappa shape index (κ3) is 2.63. The SMILES string of the molecule is Cc1ccc(N)cc1OCC1OCCc2ccccc21. The molecule has 0 radical (unpaired) electrons. The lowest BCUT2D eigenvalue weighted by Crippen LogP contribution is -2.21. The molecule has 0 aromatic heterocycles. The summed E-state index contributed by atoms with van der Waals surface area (Å²) in [6.07, 6.45) is 0.977. The molecular weight excluding hydrogens is 250 g/mol. The predicted octanol–water partition coefficient (Wildman–Crippen LogP) is 3.27. The molecule has 0 fully saturated rings. The Hall–Kier alpha value is -2.00. The first-order valence-corrected chi connectivity index (χ1v) is 6.92. The molecule has 1 heterocycles. The van der Waals surface area contributed by atoms with Crippen LogP contribution in [0.4, 0.5) is 5.69 Å². The normalized spacial score (nSPS) is 17.6. The Morgan fingerprint density at radius 3 is 3.00 bits per heavy atom. The first kappa shape index (κ1) is 13.0. The van der Waals surface area contributed by atoms with Crippen LogP contribution >= 0.6 is 0 Å². The summed E-state index contributed by atoms with van der Waals surface area (Å²) >= 11 is 0. The molecule has 1 aliphatic rings. The molecule has 0 saturated carbocycles. The second-order valence-corrected chi connectivity index (χ2v) is 5.14. The van der Waals surface area contributed by atoms with Crippen molar-refractivity contribution < 1.29 is 9.47 Å². The molecule has 3 nitrogen and oxygen atoms in total. The zero-order chi connectivity index (χ0) is 13.9. The Bertz CT molecular complexity index is 610. The van der Waals surface area contributed by atoms with Gasteiger partial charge in [0, 0.05) is 11.8 Å². The molecule has 1 unspecified atom stereocenters. The van der Waals surface area contributed by atoms with Crippen LogP contribution in [0.3, 0.4) is 0 Å². The molecule has 0 amide bonds. The van der Waals surface area contributed by atoms with Gasteiger partial charge in [-0.15, -0.1) is 0 Å². The second kappa shape index (κ2) is 5.55. The van der Waals surface area contributed by atoms with Gasteiger partial charge in [-0.05, 0) is 36.1 Å². The number of hydrogen-bond donors (Lipinski definition) is 1. The minimum absolute atomic E-state index is 0.000723. The van der Waals surface area contributed by atoms with Crippen molar-refractivity contribution in [3.63, 3.8) is 0 Å². The van der Waals surface area contributed by atoms with Gasteiger partial charge >= 0.3 is 0 Å². The fraction of sp³-hybridized carbons (Fsp3) is 0.294. The molecule has 0 spiro atoms. The van der Waals surface area contributed by atoms with Crippen LogP contribution < -0.4 is 10.5 Å². The quantitative estimate of drug-likeness (QED) is 0.870. The van der Waals surface area contributed by atoms with Gasteiger partial charge in [0.25, 0.3) is 0 Å². The van der Waals surface area contributed by atoms with E-state index in [1.165, 1.54) is 11.1 Å². The van der Waals surface area contributed by atoms with Crippen LogP contribution in [0.1, 0.15) is 22.8 Å². The summed E-state index contributed by atoms with van der Waals surface area (Å²) in [6.45, 7) is 3.28. The van der Waals surface area contributed by atoms with Crippen LogP contribution in [0.2, 0.25) is 0 Å². The van der Waals surface area contributed by atoms with E-state index in [2.05, 4.69) is 18.2 Å². The third-order valence-electron chi connectivity index (χ3n) is 3.69. The summed E-state index contributed by atoms with van der Waals surface area (Å²) in [7, 11) is 0. The lowest BCUT2D eigenvalue weighted by Gasteiger charge is -2.26. The van der Waals surface area contributed by atoms with Crippen molar-refractivity contribution in [2.45, 2.75) is 19.4 Å². The number of aryl methyl sites for hydroxylation is 1. The zero-order valence-electron chi connectivity index (χ0n) is 11.6. The molecule has 0 bridgehead atoms. The molecule has 2 aromatic carbocycles. The Labute approximate surface area is 119 Å². The second-order valence-electron chi connectivity index (χ2n) is 5.14. The van der Waals surface area contributed by atoms with E-state index >= 15 is 0 Å². The van der Waals surface area contributed by atoms with Crippen LogP contribution in [0.25, 0.3) is 0 Å². The number of nitrogen functional groups attached to an aromatic ring is 1. The van der Waals surface area contributed by atoms with E-state index in [1.807, 2.05) is 31.2 Å². The van der Waals surface area contributed by atoms with Crippen molar-refractivity contribution >= 4 is 5.69 Å². The number of nitrogens with two attached hydrogens (primary N) is 1. The number of ether oxygens (including phenoxy) is 2. The summed E-state index contributed by atoms with van der Waals surface area (Å²) in [5.74, 6) is 0.830. The van der Waals surface area contributed by atoms with Crippen molar-refractivity contribution in [2.24, 2.45) is 0 Å². The van der Waals surface area contributed by atoms with Gasteiger partial charge in [0.1, 0.15) is 18.5 Å². The molecular formula is C17H19NO2. The largest absolute Gasteiger partial charge is 0.490 e. The number of fused-ring (bicyclic) bond motifs is 1. The van der Waals surface area contributed by atoms with Crippen LogP contribution in [-0.2, 0) is 11.2 Å². The molecule has 1 atom stereocenters. The van der Waals surface area contributed by atoms with E-state index in [9.17, 15) is 0 Å². The Balaban J connectivity index is 1.75. The highest BCUT2D eigenvalue weighted by atomic mass is 16.5. The fourth-order valence-corrected chi connectivity index (χ4v) is 2.55. The summed E-state index contributed by atoms with van der Waals surface area (Å²) in [5.41, 5.74) is 10.2. The molecule has 0 aliphatic carbocycles. The van der Waals surface area contributed by atoms with E-state index in [0.29, 0.717) is 6.61 Å². The lowest BCUT2D eigenvalue weighted by molar-refractivity contribution is 0.0101. The van der Waals surface area contributed by atoms with Gasteiger partial charge in [0.15, 0.2) is 0 Å². The van der Waals surface area contributed by atoms with Crippen LogP contribution in [-0.4, -0.2) is 13.2 Å². The number of anilines is 1. The topological polar surface area (TPSA) is 44.5 Å². The third-order valence-corrected chi connectivity index (χ3v) is 3.69. The minimum Gasteiger partial charge on any atom is -0.490 e. The number of rotatable bonds is 3. The molecule has 1 aliphatic heterocycles. The number of benzene rings is 2. The summed E-state index contributed by atoms with van der Waals surface area (Å²) in [4.78, 5) is 0. The highest BCUT2D eigenvalue weighted by Crippen LogP contribution is 2.29. The van der Waals surface area contributed by atoms with Crippen LogP contribution in [0.15, 0.2) is 42.5 Å². The van der Waals surface area contributed by atoms with Crippen molar-refractivity contribution in [2.75, 3.05) is 18.9 Å². The predicted molar refractivity (Wildman–Crippen MR) is 79.9 cm³/mol. The maximum Gasteiger partial charge on any atom is 0.124 e. The lowest BCUT2D eigenvalue weighted by atomic mass is 9.98. The molecule has 0 saturated heterocycles. The van der Waals surface area contributed by atoms with E-state index < -0.39 is 0 Å². The molecule has 3 heteroatoms. The first-order valence-electron chi connectivity index (χ1n) is 6.92. The minimum atomic E-state index is 0.000723. The van der Waals surface area contributed by atoms with Crippen molar-refractivity contribution in [3.8, 4) is 5.75 Å². The highest BCUT2D eigenvalue weighted by molar-refractivity contribution is 5.48. The van der Waals surface area contributed by atoms with Gasteiger partial charge in [-0.25, -0.2) is 0 Å². The van der Waals surface area contributed by atoms with Crippen molar-refractivity contribution in [3.05, 3.63) is 59.2 Å². The molecule has 2 aromatic rings. The molecule has 2 N–H and O–H groups in total. The average molecular weight is 269 g/mol. The molecule has 3 rings (SSSR count). The standard InChI is InChI=1S/C17H19NO2/c1-12-6-7-14(18)10-16(12)20-11-17-15-5-3-2-4-13(15)8-9-19-17/h2-7,10,17H,8-9,11,18H2,1H3. The van der Waals surface area contributed by atoms with Crippen LogP contribution in [0.5, 0.6) is 5.75 Å². The van der Waals surface area contributed by atoms with Crippen LogP contribution in [0, 0.1) is 6.92 Å². The van der Waals surface area contributed by atoms with Crippen molar-refractivity contribution in [1.82, 2.24) is 0 Å². The first-order chi connectivity index (χ1) is 9.74. The van der Waals surface area contributed by atoms with Gasteiger partial charge in [-0.1, -0.05) is 30.3 Å². The zero-order valence-corrected chi connectivity index (χ0v) is 11.6. The smallest absolute Gasteiger partial charge is 0.124 e. The summed E-state index contributed by atoms with van der Waals surface area (Å²) < 4.78 is 11.7. The maximum absolute atomic E-state index is 5.91. The molecule has 104 valence electrons. The van der Waals surface area contributed by atoms with E-state index in [0.717, 1.165) is 30.0 Å². The van der Waals surface area contributed by atoms with Gasteiger partial charge in [-0.3, -0.25) is 0 Å². The number of hydrogen-bond acceptors (Lipinski definition) is 3. The van der Waals surface area contributed by atoms with Gasteiger partial charge in [0.05, 0.1) is 6.61 Å². The maximum atomic E-state index is 5.91. The monoisotopic (exact) mass is 269 g/mol. The van der Waals surface area contributed by atoms with E-state index in [4.69, 9.17) is 15.2 Å². The fourth-order valence-electron chi connectivity index (χ4n) is 2.55. The van der Waals surface area contributed by atoms with Crippen molar-refractivity contribution in [1.29, 1.82) is 0 Å².